The highest BCUT2D eigenvalue weighted by atomic mass is 16.5. The molecule has 0 spiro atoms. The number of fused-ring (bicyclic) bond motifs is 1. The Hall–Kier alpha value is -2.96. The van der Waals surface area contributed by atoms with Crippen LogP contribution in [0.3, 0.4) is 0 Å². The number of pyridine rings is 1. The zero-order chi connectivity index (χ0) is 20.9. The van der Waals surface area contributed by atoms with Crippen LogP contribution in [0.5, 0.6) is 5.75 Å². The minimum Gasteiger partial charge on any atom is -0.497 e. The molecule has 1 aromatic heterocycles. The largest absolute Gasteiger partial charge is 0.497 e. The summed E-state index contributed by atoms with van der Waals surface area (Å²) in [5, 5.41) is 4.63. The second-order valence-corrected chi connectivity index (χ2v) is 7.49. The Kier molecular flexibility index (Phi) is 6.26. The van der Waals surface area contributed by atoms with Crippen molar-refractivity contribution in [2.75, 3.05) is 38.7 Å². The van der Waals surface area contributed by atoms with E-state index < -0.39 is 0 Å². The Morgan fingerprint density at radius 3 is 2.60 bits per heavy atom. The van der Waals surface area contributed by atoms with E-state index in [-0.39, 0.29) is 17.9 Å². The summed E-state index contributed by atoms with van der Waals surface area (Å²) in [6.07, 6.45) is 1.78. The summed E-state index contributed by atoms with van der Waals surface area (Å²) < 4.78 is 11.0. The van der Waals surface area contributed by atoms with Crippen molar-refractivity contribution in [3.8, 4) is 5.75 Å². The number of benzene rings is 2. The number of Topliss-reactive ketones (excluding diaryl/α,β-unsaturated/α-hetero) is 1. The topological polar surface area (TPSA) is 63.7 Å². The van der Waals surface area contributed by atoms with Gasteiger partial charge < -0.3 is 14.8 Å². The predicted octanol–water partition coefficient (Wildman–Crippen LogP) is 3.69. The summed E-state index contributed by atoms with van der Waals surface area (Å²) in [5.41, 5.74) is 2.75. The Bertz CT molecular complexity index is 1000. The van der Waals surface area contributed by atoms with Gasteiger partial charge in [0.1, 0.15) is 11.5 Å². The van der Waals surface area contributed by atoms with Crippen LogP contribution >= 0.6 is 0 Å². The number of hydrogen-bond donors (Lipinski definition) is 1. The molecule has 2 atom stereocenters. The highest BCUT2D eigenvalue weighted by Gasteiger charge is 2.34. The van der Waals surface area contributed by atoms with E-state index in [0.717, 1.165) is 41.0 Å². The molecule has 0 amide bonds. The van der Waals surface area contributed by atoms with E-state index in [9.17, 15) is 4.79 Å². The van der Waals surface area contributed by atoms with E-state index in [1.165, 1.54) is 0 Å². The first kappa shape index (κ1) is 20.3. The van der Waals surface area contributed by atoms with Crippen LogP contribution in [0.15, 0.2) is 60.8 Å². The molecular formula is C24H27N3O3. The third-order valence-electron chi connectivity index (χ3n) is 5.56. The van der Waals surface area contributed by atoms with Gasteiger partial charge in [-0.15, -0.1) is 0 Å². The number of methoxy groups -OCH3 is 1. The van der Waals surface area contributed by atoms with Crippen LogP contribution in [-0.2, 0) is 9.53 Å². The standard InChI is InChI=1S/C24H27N3O3/c1-17(28)24(27-11-13-30-14-12-27)23(18-7-4-3-5-8-18)26-21-16-20(29-2)15-19-9-6-10-25-22(19)21/h3-10,15-16,23-24,26H,11-14H2,1-2H3. The molecule has 2 unspecified atom stereocenters. The van der Waals surface area contributed by atoms with E-state index in [0.29, 0.717) is 13.2 Å². The SMILES string of the molecule is COc1cc(NC(c2ccccc2)C(C(C)=O)N2CCOCC2)c2ncccc2c1. The number of carbonyl (C=O) groups is 1. The van der Waals surface area contributed by atoms with Crippen LogP contribution in [0, 0.1) is 0 Å². The van der Waals surface area contributed by atoms with Gasteiger partial charge in [0, 0.05) is 30.7 Å². The van der Waals surface area contributed by atoms with Gasteiger partial charge in [-0.3, -0.25) is 14.7 Å². The van der Waals surface area contributed by atoms with Crippen molar-refractivity contribution in [3.63, 3.8) is 0 Å². The van der Waals surface area contributed by atoms with Gasteiger partial charge in [0.05, 0.1) is 43.6 Å². The lowest BCUT2D eigenvalue weighted by atomic mass is 9.94. The van der Waals surface area contributed by atoms with Crippen LogP contribution in [0.1, 0.15) is 18.5 Å². The average molecular weight is 405 g/mol. The number of anilines is 1. The Labute approximate surface area is 176 Å². The molecule has 30 heavy (non-hydrogen) atoms. The number of rotatable bonds is 7. The Morgan fingerprint density at radius 1 is 1.13 bits per heavy atom. The first-order chi connectivity index (χ1) is 14.7. The molecule has 0 saturated carbocycles. The van der Waals surface area contributed by atoms with Gasteiger partial charge in [-0.25, -0.2) is 0 Å². The van der Waals surface area contributed by atoms with Gasteiger partial charge in [0.2, 0.25) is 0 Å². The molecule has 0 radical (unpaired) electrons. The van der Waals surface area contributed by atoms with Crippen molar-refractivity contribution in [2.24, 2.45) is 0 Å². The molecule has 2 heterocycles. The zero-order valence-corrected chi connectivity index (χ0v) is 17.4. The molecule has 6 nitrogen and oxygen atoms in total. The lowest BCUT2D eigenvalue weighted by molar-refractivity contribution is -0.124. The maximum absolute atomic E-state index is 12.9. The van der Waals surface area contributed by atoms with Crippen molar-refractivity contribution >= 4 is 22.4 Å². The fourth-order valence-electron chi connectivity index (χ4n) is 4.12. The van der Waals surface area contributed by atoms with E-state index in [2.05, 4.69) is 27.3 Å². The van der Waals surface area contributed by atoms with Crippen molar-refractivity contribution in [1.82, 2.24) is 9.88 Å². The first-order valence-electron chi connectivity index (χ1n) is 10.2. The Balaban J connectivity index is 1.79. The fraction of sp³-hybridized carbons (Fsp3) is 0.333. The molecular weight excluding hydrogens is 378 g/mol. The number of hydrogen-bond acceptors (Lipinski definition) is 6. The zero-order valence-electron chi connectivity index (χ0n) is 17.4. The van der Waals surface area contributed by atoms with Gasteiger partial charge in [-0.05, 0) is 24.6 Å². The molecule has 0 aliphatic carbocycles. The van der Waals surface area contributed by atoms with Crippen molar-refractivity contribution < 1.29 is 14.3 Å². The maximum Gasteiger partial charge on any atom is 0.149 e. The number of nitrogens with one attached hydrogen (secondary N) is 1. The number of carbonyl (C=O) groups excluding carboxylic acids is 1. The minimum absolute atomic E-state index is 0.124. The molecule has 1 aliphatic rings. The minimum atomic E-state index is -0.318. The number of morpholine rings is 1. The number of ketones is 1. The van der Waals surface area contributed by atoms with Crippen molar-refractivity contribution in [2.45, 2.75) is 19.0 Å². The summed E-state index contributed by atoms with van der Waals surface area (Å²) in [6.45, 7) is 4.39. The second kappa shape index (κ2) is 9.24. The molecule has 1 fully saturated rings. The third-order valence-corrected chi connectivity index (χ3v) is 5.56. The van der Waals surface area contributed by atoms with E-state index in [4.69, 9.17) is 9.47 Å². The molecule has 1 N–H and O–H groups in total. The summed E-state index contributed by atoms with van der Waals surface area (Å²) >= 11 is 0. The quantitative estimate of drug-likeness (QED) is 0.647. The predicted molar refractivity (Wildman–Crippen MR) is 118 cm³/mol. The molecule has 156 valence electrons. The average Bonchev–Trinajstić information content (AvgIpc) is 2.79. The Morgan fingerprint density at radius 2 is 1.90 bits per heavy atom. The molecule has 3 aromatic rings. The number of aromatic nitrogens is 1. The summed E-state index contributed by atoms with van der Waals surface area (Å²) in [5.74, 6) is 0.869. The van der Waals surface area contributed by atoms with Crippen LogP contribution in [0.4, 0.5) is 5.69 Å². The highest BCUT2D eigenvalue weighted by Crippen LogP contribution is 2.33. The highest BCUT2D eigenvalue weighted by molar-refractivity contribution is 5.92. The fourth-order valence-corrected chi connectivity index (χ4v) is 4.12. The monoisotopic (exact) mass is 405 g/mol. The summed E-state index contributed by atoms with van der Waals surface area (Å²) in [4.78, 5) is 19.7. The van der Waals surface area contributed by atoms with Crippen LogP contribution in [-0.4, -0.2) is 55.1 Å². The summed E-state index contributed by atoms with van der Waals surface area (Å²) in [7, 11) is 1.65. The lowest BCUT2D eigenvalue weighted by Crippen LogP contribution is -2.51. The van der Waals surface area contributed by atoms with Crippen LogP contribution in [0.2, 0.25) is 0 Å². The van der Waals surface area contributed by atoms with Gasteiger partial charge in [0.25, 0.3) is 0 Å². The van der Waals surface area contributed by atoms with E-state index in [1.807, 2.05) is 42.5 Å². The van der Waals surface area contributed by atoms with Gasteiger partial charge >= 0.3 is 0 Å². The number of ether oxygens (including phenoxy) is 2. The van der Waals surface area contributed by atoms with Gasteiger partial charge in [-0.2, -0.15) is 0 Å². The lowest BCUT2D eigenvalue weighted by Gasteiger charge is -2.38. The molecule has 0 bridgehead atoms. The normalized spacial score (nSPS) is 16.7. The molecule has 6 heteroatoms. The van der Waals surface area contributed by atoms with Crippen LogP contribution < -0.4 is 10.1 Å². The molecule has 2 aromatic carbocycles. The van der Waals surface area contributed by atoms with E-state index >= 15 is 0 Å². The van der Waals surface area contributed by atoms with Crippen molar-refractivity contribution in [3.05, 3.63) is 66.4 Å². The first-order valence-corrected chi connectivity index (χ1v) is 10.2. The molecule has 4 rings (SSSR count). The molecule has 1 aliphatic heterocycles. The number of nitrogens with zero attached hydrogens (tertiary/aromatic N) is 2. The van der Waals surface area contributed by atoms with E-state index in [1.54, 1.807) is 20.2 Å². The molecule has 1 saturated heterocycles. The van der Waals surface area contributed by atoms with Gasteiger partial charge in [0.15, 0.2) is 0 Å². The third kappa shape index (κ3) is 4.30. The maximum atomic E-state index is 12.9. The summed E-state index contributed by atoms with van der Waals surface area (Å²) in [6, 6.07) is 17.4. The van der Waals surface area contributed by atoms with Crippen LogP contribution in [0.25, 0.3) is 10.9 Å². The van der Waals surface area contributed by atoms with Crippen molar-refractivity contribution in [1.29, 1.82) is 0 Å². The smallest absolute Gasteiger partial charge is 0.149 e. The van der Waals surface area contributed by atoms with Gasteiger partial charge in [-0.1, -0.05) is 36.4 Å². The second-order valence-electron chi connectivity index (χ2n) is 7.49.